The number of benzene rings is 1. The van der Waals surface area contributed by atoms with Gasteiger partial charge >= 0.3 is 0 Å². The van der Waals surface area contributed by atoms with Gasteiger partial charge in [0.25, 0.3) is 0 Å². The van der Waals surface area contributed by atoms with E-state index in [0.29, 0.717) is 30.0 Å². The van der Waals surface area contributed by atoms with Crippen LogP contribution in [-0.2, 0) is 4.74 Å². The van der Waals surface area contributed by atoms with Crippen LogP contribution in [0.3, 0.4) is 0 Å². The van der Waals surface area contributed by atoms with Gasteiger partial charge in [-0.2, -0.15) is 5.26 Å². The van der Waals surface area contributed by atoms with Gasteiger partial charge in [0.1, 0.15) is 0 Å². The van der Waals surface area contributed by atoms with Crippen molar-refractivity contribution in [3.05, 3.63) is 59.9 Å². The smallest absolute Gasteiger partial charge is 0.159 e. The Balaban J connectivity index is 1.58. The lowest BCUT2D eigenvalue weighted by molar-refractivity contribution is 0.0422. The second-order valence-corrected chi connectivity index (χ2v) is 6.41. The summed E-state index contributed by atoms with van der Waals surface area (Å²) in [6.45, 7) is 2.73. The van der Waals surface area contributed by atoms with E-state index in [2.05, 4.69) is 22.1 Å². The first-order valence-corrected chi connectivity index (χ1v) is 8.85. The molecule has 1 aliphatic rings. The summed E-state index contributed by atoms with van der Waals surface area (Å²) in [5.41, 5.74) is 2.80. The SMILES string of the molecule is C/C=C/COC1CCC(c2cnc(-c3ccc(C#N)cc3)nc2)CC1. The highest BCUT2D eigenvalue weighted by Gasteiger charge is 2.23. The lowest BCUT2D eigenvalue weighted by atomic mass is 9.84. The highest BCUT2D eigenvalue weighted by molar-refractivity contribution is 5.56. The van der Waals surface area contributed by atoms with Gasteiger partial charge in [0, 0.05) is 18.0 Å². The van der Waals surface area contributed by atoms with Crippen LogP contribution in [0, 0.1) is 11.3 Å². The van der Waals surface area contributed by atoms with Crippen molar-refractivity contribution in [2.75, 3.05) is 6.61 Å². The summed E-state index contributed by atoms with van der Waals surface area (Å²) >= 11 is 0. The molecule has 1 aromatic heterocycles. The molecule has 3 rings (SSSR count). The zero-order chi connectivity index (χ0) is 17.5. The maximum atomic E-state index is 8.87. The van der Waals surface area contributed by atoms with E-state index in [4.69, 9.17) is 10.00 Å². The Kier molecular flexibility index (Phi) is 5.92. The zero-order valence-electron chi connectivity index (χ0n) is 14.6. The highest BCUT2D eigenvalue weighted by Crippen LogP contribution is 2.33. The summed E-state index contributed by atoms with van der Waals surface area (Å²) in [5, 5.41) is 8.87. The van der Waals surface area contributed by atoms with Crippen molar-refractivity contribution in [2.24, 2.45) is 0 Å². The van der Waals surface area contributed by atoms with Crippen molar-refractivity contribution in [2.45, 2.75) is 44.6 Å². The molecule has 0 bridgehead atoms. The third-order valence-corrected chi connectivity index (χ3v) is 4.75. The van der Waals surface area contributed by atoms with Crippen molar-refractivity contribution < 1.29 is 4.74 Å². The van der Waals surface area contributed by atoms with Crippen molar-refractivity contribution in [1.29, 1.82) is 5.26 Å². The van der Waals surface area contributed by atoms with Crippen LogP contribution >= 0.6 is 0 Å². The van der Waals surface area contributed by atoms with Crippen LogP contribution in [0.2, 0.25) is 0 Å². The van der Waals surface area contributed by atoms with Gasteiger partial charge in [-0.3, -0.25) is 0 Å². The van der Waals surface area contributed by atoms with Crippen LogP contribution in [0.15, 0.2) is 48.8 Å². The highest BCUT2D eigenvalue weighted by atomic mass is 16.5. The van der Waals surface area contributed by atoms with E-state index in [1.807, 2.05) is 37.5 Å². The van der Waals surface area contributed by atoms with Crippen molar-refractivity contribution >= 4 is 0 Å². The predicted molar refractivity (Wildman–Crippen MR) is 97.9 cm³/mol. The molecule has 0 spiro atoms. The summed E-state index contributed by atoms with van der Waals surface area (Å²) in [7, 11) is 0. The van der Waals surface area contributed by atoms with Gasteiger partial charge in [-0.15, -0.1) is 0 Å². The normalized spacial score (nSPS) is 20.5. The Morgan fingerprint density at radius 1 is 1.12 bits per heavy atom. The standard InChI is InChI=1S/C21H23N3O/c1-2-3-12-25-20-10-8-17(9-11-20)19-14-23-21(24-15-19)18-6-4-16(13-22)5-7-18/h2-7,14-15,17,20H,8-12H2,1H3/b3-2+. The monoisotopic (exact) mass is 333 g/mol. The largest absolute Gasteiger partial charge is 0.374 e. The quantitative estimate of drug-likeness (QED) is 0.748. The minimum Gasteiger partial charge on any atom is -0.374 e. The molecule has 128 valence electrons. The zero-order valence-corrected chi connectivity index (χ0v) is 14.6. The lowest BCUT2D eigenvalue weighted by Gasteiger charge is -2.28. The third-order valence-electron chi connectivity index (χ3n) is 4.75. The molecular weight excluding hydrogens is 310 g/mol. The number of hydrogen-bond donors (Lipinski definition) is 0. The molecule has 0 radical (unpaired) electrons. The molecule has 1 fully saturated rings. The van der Waals surface area contributed by atoms with E-state index < -0.39 is 0 Å². The van der Waals surface area contributed by atoms with Gasteiger partial charge in [0.05, 0.1) is 24.3 Å². The number of aromatic nitrogens is 2. The number of allylic oxidation sites excluding steroid dienone is 1. The number of rotatable bonds is 5. The maximum absolute atomic E-state index is 8.87. The molecule has 2 aromatic rings. The number of nitriles is 1. The summed E-state index contributed by atoms with van der Waals surface area (Å²) in [4.78, 5) is 9.05. The molecule has 0 atom stereocenters. The number of hydrogen-bond acceptors (Lipinski definition) is 4. The van der Waals surface area contributed by atoms with Gasteiger partial charge < -0.3 is 4.74 Å². The fourth-order valence-electron chi connectivity index (χ4n) is 3.24. The van der Waals surface area contributed by atoms with Crippen molar-refractivity contribution in [3.8, 4) is 17.5 Å². The topological polar surface area (TPSA) is 58.8 Å². The van der Waals surface area contributed by atoms with Gasteiger partial charge in [-0.05, 0) is 68.4 Å². The van der Waals surface area contributed by atoms with Crippen molar-refractivity contribution in [3.63, 3.8) is 0 Å². The molecule has 1 aromatic carbocycles. The van der Waals surface area contributed by atoms with Gasteiger partial charge in [0.2, 0.25) is 0 Å². The Morgan fingerprint density at radius 3 is 2.40 bits per heavy atom. The summed E-state index contributed by atoms with van der Waals surface area (Å²) in [6.07, 6.45) is 12.8. The molecule has 1 heterocycles. The van der Waals surface area contributed by atoms with Crippen LogP contribution in [0.4, 0.5) is 0 Å². The second kappa shape index (κ2) is 8.55. The van der Waals surface area contributed by atoms with Crippen molar-refractivity contribution in [1.82, 2.24) is 9.97 Å². The molecule has 0 unspecified atom stereocenters. The molecule has 0 aliphatic heterocycles. The Bertz CT molecular complexity index is 736. The Morgan fingerprint density at radius 2 is 1.80 bits per heavy atom. The van der Waals surface area contributed by atoms with Crippen LogP contribution < -0.4 is 0 Å². The van der Waals surface area contributed by atoms with Gasteiger partial charge in [0.15, 0.2) is 5.82 Å². The molecule has 0 N–H and O–H groups in total. The second-order valence-electron chi connectivity index (χ2n) is 6.41. The number of nitrogens with zero attached hydrogens (tertiary/aromatic N) is 3. The fraction of sp³-hybridized carbons (Fsp3) is 0.381. The first kappa shape index (κ1) is 17.3. The van der Waals surface area contributed by atoms with Crippen LogP contribution in [0.5, 0.6) is 0 Å². The van der Waals surface area contributed by atoms with E-state index in [1.54, 1.807) is 12.1 Å². The lowest BCUT2D eigenvalue weighted by Crippen LogP contribution is -2.21. The average Bonchev–Trinajstić information content (AvgIpc) is 2.69. The number of ether oxygens (including phenoxy) is 1. The fourth-order valence-corrected chi connectivity index (χ4v) is 3.24. The van der Waals surface area contributed by atoms with Crippen LogP contribution in [-0.4, -0.2) is 22.7 Å². The summed E-state index contributed by atoms with van der Waals surface area (Å²) < 4.78 is 5.86. The summed E-state index contributed by atoms with van der Waals surface area (Å²) in [5.74, 6) is 1.23. The summed E-state index contributed by atoms with van der Waals surface area (Å²) in [6, 6.07) is 9.49. The molecule has 1 aliphatic carbocycles. The maximum Gasteiger partial charge on any atom is 0.159 e. The van der Waals surface area contributed by atoms with E-state index in [9.17, 15) is 0 Å². The third kappa shape index (κ3) is 4.52. The van der Waals surface area contributed by atoms with Gasteiger partial charge in [-0.1, -0.05) is 12.2 Å². The molecule has 0 amide bonds. The van der Waals surface area contributed by atoms with E-state index in [-0.39, 0.29) is 0 Å². The molecule has 4 nitrogen and oxygen atoms in total. The van der Waals surface area contributed by atoms with E-state index >= 15 is 0 Å². The Hall–Kier alpha value is -2.51. The molecule has 0 saturated heterocycles. The molecular formula is C21H23N3O. The molecule has 4 heteroatoms. The van der Waals surface area contributed by atoms with E-state index in [1.165, 1.54) is 5.56 Å². The van der Waals surface area contributed by atoms with E-state index in [0.717, 1.165) is 31.2 Å². The molecule has 1 saturated carbocycles. The first-order chi connectivity index (χ1) is 12.3. The Labute approximate surface area is 149 Å². The first-order valence-electron chi connectivity index (χ1n) is 8.85. The van der Waals surface area contributed by atoms with Gasteiger partial charge in [-0.25, -0.2) is 9.97 Å². The minimum absolute atomic E-state index is 0.381. The van der Waals surface area contributed by atoms with Crippen LogP contribution in [0.25, 0.3) is 11.4 Å². The minimum atomic E-state index is 0.381. The van der Waals surface area contributed by atoms with Crippen LogP contribution in [0.1, 0.15) is 49.7 Å². The predicted octanol–water partition coefficient (Wildman–Crippen LogP) is 4.63. The molecule has 25 heavy (non-hydrogen) atoms. The average molecular weight is 333 g/mol.